The largest absolute Gasteiger partial charge is 0.457 e. The van der Waals surface area contributed by atoms with Crippen molar-refractivity contribution in [3.05, 3.63) is 167 Å². The van der Waals surface area contributed by atoms with E-state index in [-0.39, 0.29) is 5.41 Å². The molecular weight excluding hydrogens is 757 g/mol. The number of aryl methyl sites for hydroxylation is 2. The Hall–Kier alpha value is -6.33. The number of rotatable bonds is 9. The molecule has 0 bridgehead atoms. The fourth-order valence-corrected chi connectivity index (χ4v) is 9.19. The molecule has 0 spiro atoms. The van der Waals surface area contributed by atoms with Crippen LogP contribution in [0.3, 0.4) is 0 Å². The lowest BCUT2D eigenvalue weighted by atomic mass is 9.81. The van der Waals surface area contributed by atoms with Crippen molar-refractivity contribution in [2.24, 2.45) is 0 Å². The van der Waals surface area contributed by atoms with Crippen LogP contribution in [-0.2, 0) is 5.41 Å². The second-order valence-corrected chi connectivity index (χ2v) is 19.3. The smallest absolute Gasteiger partial charge is 0.137 e. The third kappa shape index (κ3) is 7.42. The standard InChI is InChI=1S/C57H60N4O/c1-35(2)41-29-49(36(3)4)56(50(30-41)37(5)6)40-16-14-17-43(28-40)59-34-60(54-27-39(8)38(7)26-53(54)59)44-18-15-19-45(32-44)62-46-22-23-48-47-20-12-13-21-51(47)61(52(48)33-46)55-31-42(24-25-58-55)57(9,10)11/h12-33,35-37H,34H2,1-11H3. The van der Waals surface area contributed by atoms with Crippen molar-refractivity contribution in [2.45, 2.75) is 99.3 Å². The first-order chi connectivity index (χ1) is 29.7. The number of hydrogen-bond acceptors (Lipinski definition) is 4. The van der Waals surface area contributed by atoms with E-state index in [1.165, 1.54) is 72.3 Å². The van der Waals surface area contributed by atoms with Crippen molar-refractivity contribution in [3.8, 4) is 28.4 Å². The molecule has 8 aromatic rings. The molecule has 2 aromatic heterocycles. The molecule has 0 unspecified atom stereocenters. The van der Waals surface area contributed by atoms with Crippen LogP contribution in [0.4, 0.5) is 22.7 Å². The van der Waals surface area contributed by atoms with E-state index in [2.05, 4.69) is 218 Å². The van der Waals surface area contributed by atoms with Gasteiger partial charge in [-0.1, -0.05) is 111 Å². The molecule has 0 fully saturated rings. The highest BCUT2D eigenvalue weighted by Crippen LogP contribution is 2.48. The number of ether oxygens (including phenoxy) is 1. The van der Waals surface area contributed by atoms with E-state index in [0.717, 1.165) is 34.0 Å². The topological polar surface area (TPSA) is 33.5 Å². The molecule has 1 aliphatic rings. The third-order valence-corrected chi connectivity index (χ3v) is 12.9. The lowest BCUT2D eigenvalue weighted by Crippen LogP contribution is -2.24. The molecule has 5 heteroatoms. The molecule has 0 aliphatic carbocycles. The number of para-hydroxylation sites is 1. The Morgan fingerprint density at radius 2 is 1.18 bits per heavy atom. The molecule has 1 aliphatic heterocycles. The van der Waals surface area contributed by atoms with Crippen LogP contribution in [-0.4, -0.2) is 16.2 Å². The molecule has 3 heterocycles. The van der Waals surface area contributed by atoms with Crippen LogP contribution in [0.2, 0.25) is 0 Å². The minimum absolute atomic E-state index is 0.000684. The normalized spacial score (nSPS) is 13.1. The van der Waals surface area contributed by atoms with Gasteiger partial charge in [0.05, 0.1) is 22.4 Å². The molecule has 6 aromatic carbocycles. The van der Waals surface area contributed by atoms with Gasteiger partial charge in [-0.3, -0.25) is 4.57 Å². The Morgan fingerprint density at radius 1 is 0.565 bits per heavy atom. The Kier molecular flexibility index (Phi) is 10.5. The van der Waals surface area contributed by atoms with Crippen molar-refractivity contribution >= 4 is 44.6 Å². The van der Waals surface area contributed by atoms with E-state index < -0.39 is 0 Å². The zero-order valence-electron chi connectivity index (χ0n) is 38.3. The zero-order valence-corrected chi connectivity index (χ0v) is 38.3. The summed E-state index contributed by atoms with van der Waals surface area (Å²) in [6.07, 6.45) is 1.93. The van der Waals surface area contributed by atoms with Crippen LogP contribution in [0.15, 0.2) is 134 Å². The monoisotopic (exact) mass is 816 g/mol. The van der Waals surface area contributed by atoms with Crippen LogP contribution in [0.5, 0.6) is 11.5 Å². The van der Waals surface area contributed by atoms with Crippen LogP contribution in [0, 0.1) is 13.8 Å². The summed E-state index contributed by atoms with van der Waals surface area (Å²) >= 11 is 0. The van der Waals surface area contributed by atoms with Gasteiger partial charge in [0.1, 0.15) is 24.0 Å². The highest BCUT2D eigenvalue weighted by atomic mass is 16.5. The Labute approximate surface area is 368 Å². The summed E-state index contributed by atoms with van der Waals surface area (Å²) in [5.41, 5.74) is 17.6. The molecule has 0 atom stereocenters. The summed E-state index contributed by atoms with van der Waals surface area (Å²) < 4.78 is 9.04. The van der Waals surface area contributed by atoms with E-state index in [4.69, 9.17) is 9.72 Å². The fourth-order valence-electron chi connectivity index (χ4n) is 9.19. The number of pyridine rings is 1. The molecule has 0 saturated heterocycles. The number of nitrogens with zero attached hydrogens (tertiary/aromatic N) is 4. The van der Waals surface area contributed by atoms with Gasteiger partial charge in [0, 0.05) is 40.5 Å². The third-order valence-electron chi connectivity index (χ3n) is 12.9. The summed E-state index contributed by atoms with van der Waals surface area (Å²) in [5, 5.41) is 2.36. The fraction of sp³-hybridized carbons (Fsp3) is 0.281. The summed E-state index contributed by atoms with van der Waals surface area (Å²) in [7, 11) is 0. The average Bonchev–Trinajstić information content (AvgIpc) is 3.78. The van der Waals surface area contributed by atoms with Crippen molar-refractivity contribution in [1.82, 2.24) is 9.55 Å². The first kappa shape index (κ1) is 41.0. The van der Waals surface area contributed by atoms with Crippen LogP contribution in [0.25, 0.3) is 38.8 Å². The Morgan fingerprint density at radius 3 is 1.82 bits per heavy atom. The van der Waals surface area contributed by atoms with Crippen molar-refractivity contribution in [3.63, 3.8) is 0 Å². The lowest BCUT2D eigenvalue weighted by molar-refractivity contribution is 0.483. The number of hydrogen-bond donors (Lipinski definition) is 0. The molecule has 62 heavy (non-hydrogen) atoms. The number of fused-ring (bicyclic) bond motifs is 4. The zero-order chi connectivity index (χ0) is 43.6. The molecule has 0 amide bonds. The van der Waals surface area contributed by atoms with Gasteiger partial charge < -0.3 is 14.5 Å². The van der Waals surface area contributed by atoms with E-state index in [9.17, 15) is 0 Å². The average molecular weight is 817 g/mol. The van der Waals surface area contributed by atoms with Gasteiger partial charge in [-0.15, -0.1) is 0 Å². The van der Waals surface area contributed by atoms with Gasteiger partial charge in [0.15, 0.2) is 0 Å². The Bertz CT molecular complexity index is 2950. The summed E-state index contributed by atoms with van der Waals surface area (Å²) in [4.78, 5) is 9.78. The van der Waals surface area contributed by atoms with Crippen LogP contribution < -0.4 is 14.5 Å². The number of aromatic nitrogens is 2. The van der Waals surface area contributed by atoms with Crippen LogP contribution >= 0.6 is 0 Å². The minimum atomic E-state index is -0.000684. The molecule has 9 rings (SSSR count). The highest BCUT2D eigenvalue weighted by molar-refractivity contribution is 6.09. The SMILES string of the molecule is Cc1cc2c(cc1C)N(c1cccc(-c3c(C(C)C)cc(C(C)C)cc3C(C)C)c1)CN2c1cccc(Oc2ccc3c4ccccc4n(-c4cc(C(C)(C)C)ccn4)c3c2)c1. The maximum absolute atomic E-state index is 6.77. The molecule has 0 N–H and O–H groups in total. The quantitative estimate of drug-likeness (QED) is 0.145. The molecule has 5 nitrogen and oxygen atoms in total. The van der Waals surface area contributed by atoms with Gasteiger partial charge in [0.2, 0.25) is 0 Å². The van der Waals surface area contributed by atoms with Gasteiger partial charge >= 0.3 is 0 Å². The van der Waals surface area contributed by atoms with Gasteiger partial charge in [-0.2, -0.15) is 0 Å². The Balaban J connectivity index is 1.08. The lowest BCUT2D eigenvalue weighted by Gasteiger charge is -2.25. The molecular formula is C57H60N4O. The molecule has 314 valence electrons. The number of anilines is 4. The second-order valence-electron chi connectivity index (χ2n) is 19.3. The second kappa shape index (κ2) is 15.9. The maximum Gasteiger partial charge on any atom is 0.137 e. The van der Waals surface area contributed by atoms with Crippen molar-refractivity contribution in [2.75, 3.05) is 16.5 Å². The predicted octanol–water partition coefficient (Wildman–Crippen LogP) is 16.2. The van der Waals surface area contributed by atoms with Gasteiger partial charge in [-0.05, 0) is 148 Å². The maximum atomic E-state index is 6.77. The van der Waals surface area contributed by atoms with E-state index in [0.29, 0.717) is 24.4 Å². The van der Waals surface area contributed by atoms with Gasteiger partial charge in [-0.25, -0.2) is 4.98 Å². The number of benzene rings is 6. The summed E-state index contributed by atoms with van der Waals surface area (Å²) in [5.74, 6) is 3.76. The molecule has 0 saturated carbocycles. The summed E-state index contributed by atoms with van der Waals surface area (Å²) in [6, 6.07) is 46.7. The van der Waals surface area contributed by atoms with E-state index in [1.807, 2.05) is 6.20 Å². The minimum Gasteiger partial charge on any atom is -0.457 e. The van der Waals surface area contributed by atoms with E-state index in [1.54, 1.807) is 0 Å². The van der Waals surface area contributed by atoms with Gasteiger partial charge in [0.25, 0.3) is 0 Å². The van der Waals surface area contributed by atoms with Crippen molar-refractivity contribution < 1.29 is 4.74 Å². The first-order valence-corrected chi connectivity index (χ1v) is 22.4. The van der Waals surface area contributed by atoms with E-state index >= 15 is 0 Å². The molecule has 0 radical (unpaired) electrons. The van der Waals surface area contributed by atoms with Crippen molar-refractivity contribution in [1.29, 1.82) is 0 Å². The summed E-state index contributed by atoms with van der Waals surface area (Å²) in [6.45, 7) is 25.8. The predicted molar refractivity (Wildman–Crippen MR) is 263 cm³/mol. The van der Waals surface area contributed by atoms with Crippen LogP contribution in [0.1, 0.15) is 113 Å². The highest BCUT2D eigenvalue weighted by Gasteiger charge is 2.30. The first-order valence-electron chi connectivity index (χ1n) is 22.4.